The molecular weight excluding hydrogens is 849 g/mol. The molecule has 0 aliphatic rings. The van der Waals surface area contributed by atoms with Gasteiger partial charge < -0.3 is 9.47 Å². The van der Waals surface area contributed by atoms with E-state index < -0.39 is 57.3 Å². The number of fused-ring (bicyclic) bond motifs is 2. The molecule has 6 rings (SSSR count). The summed E-state index contributed by atoms with van der Waals surface area (Å²) >= 11 is 13.7. The number of hydrogen-bond donors (Lipinski definition) is 0. The average molecular weight is 872 g/mol. The molecule has 56 heavy (non-hydrogen) atoms. The Morgan fingerprint density at radius 3 is 1.46 bits per heavy atom. The number of thioether (sulfide) groups is 1. The van der Waals surface area contributed by atoms with Crippen LogP contribution in [0.15, 0.2) is 70.5 Å². The van der Waals surface area contributed by atoms with E-state index in [1.165, 1.54) is 36.9 Å². The minimum absolute atomic E-state index is 0.0155. The van der Waals surface area contributed by atoms with Gasteiger partial charge >= 0.3 is 12.7 Å². The Labute approximate surface area is 325 Å². The Hall–Kier alpha value is -4.52. The van der Waals surface area contributed by atoms with Crippen molar-refractivity contribution >= 4 is 66.6 Å². The third-order valence-corrected chi connectivity index (χ3v) is 10.7. The smallest absolute Gasteiger partial charge is 0.406 e. The molecule has 20 heteroatoms. The van der Waals surface area contributed by atoms with Crippen LogP contribution in [-0.4, -0.2) is 43.6 Å². The lowest BCUT2D eigenvalue weighted by molar-refractivity contribution is -0.275. The predicted molar refractivity (Wildman–Crippen MR) is 192 cm³/mol. The molecule has 0 saturated carbocycles. The fourth-order valence-corrected chi connectivity index (χ4v) is 7.53. The molecule has 0 saturated heterocycles. The van der Waals surface area contributed by atoms with Crippen LogP contribution in [0.3, 0.4) is 0 Å². The van der Waals surface area contributed by atoms with Gasteiger partial charge in [0.05, 0.1) is 48.1 Å². The van der Waals surface area contributed by atoms with Gasteiger partial charge in [-0.3, -0.25) is 0 Å². The van der Waals surface area contributed by atoms with Crippen molar-refractivity contribution in [3.63, 3.8) is 0 Å². The molecule has 4 aromatic carbocycles. The van der Waals surface area contributed by atoms with Gasteiger partial charge in [0, 0.05) is 46.5 Å². The summed E-state index contributed by atoms with van der Waals surface area (Å²) in [7, 11) is -3.91. The van der Waals surface area contributed by atoms with E-state index in [0.717, 1.165) is 36.6 Å². The molecule has 0 radical (unpaired) electrons. The van der Waals surface area contributed by atoms with Crippen LogP contribution in [0.25, 0.3) is 44.3 Å². The zero-order valence-electron chi connectivity index (χ0n) is 28.7. The van der Waals surface area contributed by atoms with E-state index in [4.69, 9.17) is 23.2 Å². The lowest BCUT2D eigenvalue weighted by atomic mass is 10.0. The van der Waals surface area contributed by atoms with E-state index in [2.05, 4.69) is 19.4 Å². The van der Waals surface area contributed by atoms with Crippen molar-refractivity contribution in [2.45, 2.75) is 36.4 Å². The van der Waals surface area contributed by atoms with Gasteiger partial charge in [0.15, 0.2) is 9.84 Å². The average Bonchev–Trinajstić information content (AvgIpc) is 3.05. The number of rotatable bonds is 6. The number of benzene rings is 4. The first kappa shape index (κ1) is 42.6. The van der Waals surface area contributed by atoms with Gasteiger partial charge in [-0.25, -0.2) is 35.9 Å². The number of pyridine rings is 2. The van der Waals surface area contributed by atoms with Crippen LogP contribution in [0.1, 0.15) is 11.1 Å². The molecular formula is C36H22Cl2F10N2O4S2. The van der Waals surface area contributed by atoms with Gasteiger partial charge in [0.1, 0.15) is 34.8 Å². The summed E-state index contributed by atoms with van der Waals surface area (Å²) in [6.45, 7) is 2.95. The molecule has 0 bridgehead atoms. The normalized spacial score (nSPS) is 12.1. The number of halogens is 12. The van der Waals surface area contributed by atoms with Crippen molar-refractivity contribution in [2.24, 2.45) is 0 Å². The zero-order chi connectivity index (χ0) is 41.7. The fraction of sp³-hybridized carbons (Fsp3) is 0.167. The van der Waals surface area contributed by atoms with Gasteiger partial charge in [0.2, 0.25) is 0 Å². The Bertz CT molecular complexity index is 2640. The highest BCUT2D eigenvalue weighted by atomic mass is 35.5. The highest BCUT2D eigenvalue weighted by Crippen LogP contribution is 2.41. The lowest BCUT2D eigenvalue weighted by Crippen LogP contribution is -2.17. The maximum absolute atomic E-state index is 14.1. The highest BCUT2D eigenvalue weighted by Gasteiger charge is 2.33. The molecule has 0 N–H and O–H groups in total. The number of hydrogen-bond acceptors (Lipinski definition) is 7. The van der Waals surface area contributed by atoms with E-state index in [9.17, 15) is 52.3 Å². The van der Waals surface area contributed by atoms with E-state index in [-0.39, 0.29) is 59.3 Å². The second kappa shape index (κ2) is 15.8. The van der Waals surface area contributed by atoms with Crippen molar-refractivity contribution in [2.75, 3.05) is 12.5 Å². The molecule has 2 heterocycles. The summed E-state index contributed by atoms with van der Waals surface area (Å²) in [6.07, 6.45) is -7.28. The molecule has 0 unspecified atom stereocenters. The van der Waals surface area contributed by atoms with Gasteiger partial charge in [0.25, 0.3) is 0 Å². The standard InChI is InChI=1S/C18H11ClF5NO3S.C18H11ClF5NOS/c1-8-16(19)15-12(21)5-9(20)6-13(15)25-17(8)11-7-10(28-18(22,23)24)3-4-14(11)29(2,26)27;1-8-16(19)15-12(21)5-9(20)6-13(15)25-17(8)11-7-10(26-18(22,23)24)3-4-14(11)27-2/h3-7H,1-2H3;3-7H,1-2H3. The van der Waals surface area contributed by atoms with Gasteiger partial charge in [-0.05, 0) is 67.6 Å². The quantitative estimate of drug-likeness (QED) is 0.122. The predicted octanol–water partition coefficient (Wildman–Crippen LogP) is 12.2. The summed E-state index contributed by atoms with van der Waals surface area (Å²) in [4.78, 5) is 8.58. The van der Waals surface area contributed by atoms with Crippen molar-refractivity contribution in [1.29, 1.82) is 0 Å². The molecule has 0 spiro atoms. The van der Waals surface area contributed by atoms with Crippen molar-refractivity contribution in [3.8, 4) is 34.0 Å². The molecule has 2 aromatic heterocycles. The van der Waals surface area contributed by atoms with E-state index in [1.54, 1.807) is 13.2 Å². The fourth-order valence-electron chi connectivity index (χ4n) is 5.53. The van der Waals surface area contributed by atoms with Crippen molar-refractivity contribution < 1.29 is 61.8 Å². The first-order valence-electron chi connectivity index (χ1n) is 15.3. The monoisotopic (exact) mass is 870 g/mol. The van der Waals surface area contributed by atoms with Crippen LogP contribution in [0.2, 0.25) is 10.0 Å². The number of nitrogens with zero attached hydrogens (tertiary/aromatic N) is 2. The number of ether oxygens (including phenoxy) is 2. The van der Waals surface area contributed by atoms with E-state index >= 15 is 0 Å². The Balaban J connectivity index is 0.000000215. The Morgan fingerprint density at radius 1 is 0.643 bits per heavy atom. The second-order valence-corrected chi connectivity index (χ2v) is 15.3. The maximum atomic E-state index is 14.1. The first-order chi connectivity index (χ1) is 25.9. The zero-order valence-corrected chi connectivity index (χ0v) is 31.8. The Kier molecular flexibility index (Phi) is 12.0. The third kappa shape index (κ3) is 9.36. The van der Waals surface area contributed by atoms with Crippen molar-refractivity contribution in [3.05, 3.63) is 105 Å². The van der Waals surface area contributed by atoms with Gasteiger partial charge in [-0.15, -0.1) is 38.1 Å². The molecule has 0 fully saturated rings. The lowest BCUT2D eigenvalue weighted by Gasteiger charge is -2.16. The van der Waals surface area contributed by atoms with Crippen LogP contribution in [0.5, 0.6) is 11.5 Å². The van der Waals surface area contributed by atoms with Crippen LogP contribution in [-0.2, 0) is 9.84 Å². The molecule has 0 aliphatic heterocycles. The topological polar surface area (TPSA) is 78.4 Å². The number of alkyl halides is 6. The van der Waals surface area contributed by atoms with Gasteiger partial charge in [-0.1, -0.05) is 23.2 Å². The number of aromatic nitrogens is 2. The molecule has 6 nitrogen and oxygen atoms in total. The second-order valence-electron chi connectivity index (χ2n) is 11.8. The summed E-state index contributed by atoms with van der Waals surface area (Å²) < 4.78 is 163. The summed E-state index contributed by atoms with van der Waals surface area (Å²) in [5.41, 5.74) is 0.320. The third-order valence-electron chi connectivity index (χ3n) is 7.84. The SMILES string of the molecule is CSc1ccc(OC(F)(F)F)cc1-c1nc2cc(F)cc(F)c2c(Cl)c1C.Cc1c(-c2cc(OC(F)(F)F)ccc2S(C)(=O)=O)nc2cc(F)cc(F)c2c1Cl. The summed E-state index contributed by atoms with van der Waals surface area (Å²) in [6, 6.07) is 9.60. The molecule has 0 aliphatic carbocycles. The summed E-state index contributed by atoms with van der Waals surface area (Å²) in [5, 5.41) is -0.406. The van der Waals surface area contributed by atoms with E-state index in [0.29, 0.717) is 28.2 Å². The van der Waals surface area contributed by atoms with Crippen LogP contribution in [0, 0.1) is 37.1 Å². The Morgan fingerprint density at radius 2 is 1.05 bits per heavy atom. The largest absolute Gasteiger partial charge is 0.573 e. The first-order valence-corrected chi connectivity index (χ1v) is 19.2. The number of sulfone groups is 1. The maximum Gasteiger partial charge on any atom is 0.573 e. The summed E-state index contributed by atoms with van der Waals surface area (Å²) in [5.74, 6) is -4.76. The van der Waals surface area contributed by atoms with E-state index in [1.807, 2.05) is 0 Å². The van der Waals surface area contributed by atoms with Gasteiger partial charge in [-0.2, -0.15) is 0 Å². The van der Waals surface area contributed by atoms with Crippen molar-refractivity contribution in [1.82, 2.24) is 9.97 Å². The molecule has 0 amide bonds. The highest BCUT2D eigenvalue weighted by molar-refractivity contribution is 7.98. The molecule has 0 atom stereocenters. The minimum atomic E-state index is -5.01. The minimum Gasteiger partial charge on any atom is -0.406 e. The molecule has 296 valence electrons. The molecule has 6 aromatic rings. The van der Waals surface area contributed by atoms with Crippen LogP contribution in [0.4, 0.5) is 43.9 Å². The van der Waals surface area contributed by atoms with Crippen LogP contribution < -0.4 is 9.47 Å². The van der Waals surface area contributed by atoms with Crippen LogP contribution >= 0.6 is 35.0 Å².